The van der Waals surface area contributed by atoms with Crippen LogP contribution < -0.4 is 10.9 Å². The number of hydrogen-bond donors (Lipinski definition) is 1. The Morgan fingerprint density at radius 1 is 1.06 bits per heavy atom. The van der Waals surface area contributed by atoms with Gasteiger partial charge in [0.05, 0.1) is 17.0 Å². The monoisotopic (exact) mass is 506 g/mol. The molecule has 0 saturated heterocycles. The summed E-state index contributed by atoms with van der Waals surface area (Å²) in [6.07, 6.45) is -10.1. The first-order valence-corrected chi connectivity index (χ1v) is 9.62. The molecule has 0 aliphatic rings. The quantitative estimate of drug-likeness (QED) is 0.263. The summed E-state index contributed by atoms with van der Waals surface area (Å²) in [5.74, 6) is -0.801. The third-order valence-electron chi connectivity index (χ3n) is 4.61. The van der Waals surface area contributed by atoms with Crippen molar-refractivity contribution in [3.05, 3.63) is 90.3 Å². The molecule has 0 radical (unpaired) electrons. The second kappa shape index (κ2) is 8.97. The zero-order valence-corrected chi connectivity index (χ0v) is 17.7. The van der Waals surface area contributed by atoms with Crippen LogP contribution >= 0.6 is 11.6 Å². The molecule has 1 N–H and O–H groups in total. The molecule has 3 rings (SSSR count). The van der Waals surface area contributed by atoms with Gasteiger partial charge >= 0.3 is 12.4 Å². The van der Waals surface area contributed by atoms with Crippen LogP contribution in [0.1, 0.15) is 22.4 Å². The number of halogens is 7. The molecule has 0 atom stereocenters. The molecule has 3 aromatic rings. The predicted molar refractivity (Wildman–Crippen MR) is 110 cm³/mol. The van der Waals surface area contributed by atoms with Crippen molar-refractivity contribution in [3.63, 3.8) is 0 Å². The first-order valence-electron chi connectivity index (χ1n) is 9.24. The summed E-state index contributed by atoms with van der Waals surface area (Å²) in [6.45, 7) is 1.45. The lowest BCUT2D eigenvalue weighted by Crippen LogP contribution is -2.29. The number of alkyl halides is 6. The Labute approximate surface area is 191 Å². The second-order valence-corrected chi connectivity index (χ2v) is 7.46. The fourth-order valence-electron chi connectivity index (χ4n) is 2.92. The van der Waals surface area contributed by atoms with Gasteiger partial charge in [-0.2, -0.15) is 26.3 Å². The van der Waals surface area contributed by atoms with E-state index in [1.54, 1.807) is 31.2 Å². The van der Waals surface area contributed by atoms with E-state index in [1.807, 2.05) is 0 Å². The van der Waals surface area contributed by atoms with E-state index in [-0.39, 0.29) is 12.6 Å². The number of nitrogens with one attached hydrogen (secondary N) is 1. The van der Waals surface area contributed by atoms with Crippen LogP contribution in [-0.4, -0.2) is 14.5 Å². The Hall–Kier alpha value is -3.61. The van der Waals surface area contributed by atoms with Crippen molar-refractivity contribution in [2.75, 3.05) is 5.32 Å². The first kappa shape index (κ1) is 25.0. The molecule has 34 heavy (non-hydrogen) atoms. The predicted octanol–water partition coefficient (Wildman–Crippen LogP) is 5.94. The van der Waals surface area contributed by atoms with Crippen LogP contribution in [0, 0.1) is 17.0 Å². The minimum atomic E-state index is -5.15. The van der Waals surface area contributed by atoms with Gasteiger partial charge in [-0.05, 0) is 24.6 Å². The van der Waals surface area contributed by atoms with E-state index in [9.17, 15) is 41.3 Å². The number of anilines is 2. The van der Waals surface area contributed by atoms with Gasteiger partial charge in [0.15, 0.2) is 5.69 Å². The largest absolute Gasteiger partial charge is 0.435 e. The van der Waals surface area contributed by atoms with Crippen LogP contribution in [0.3, 0.4) is 0 Å². The first-order chi connectivity index (χ1) is 15.7. The second-order valence-electron chi connectivity index (χ2n) is 7.08. The molecular weight excluding hydrogens is 494 g/mol. The molecule has 1 heterocycles. The molecule has 1 aromatic heterocycles. The summed E-state index contributed by atoms with van der Waals surface area (Å²) in [5, 5.41) is 12.3. The van der Waals surface area contributed by atoms with Gasteiger partial charge in [-0.1, -0.05) is 41.4 Å². The molecule has 0 saturated carbocycles. The number of hydrogen-bond acceptors (Lipinski definition) is 5. The third-order valence-corrected chi connectivity index (χ3v) is 4.95. The highest BCUT2D eigenvalue weighted by molar-refractivity contribution is 6.31. The van der Waals surface area contributed by atoms with Crippen LogP contribution in [0.25, 0.3) is 0 Å². The van der Waals surface area contributed by atoms with Gasteiger partial charge in [0.2, 0.25) is 5.95 Å². The highest BCUT2D eigenvalue weighted by Gasteiger charge is 2.38. The number of nitro groups is 1. The Kier molecular flexibility index (Phi) is 6.60. The molecule has 0 unspecified atom stereocenters. The highest BCUT2D eigenvalue weighted by Crippen LogP contribution is 2.37. The maximum absolute atomic E-state index is 13.4. The van der Waals surface area contributed by atoms with Gasteiger partial charge in [0.25, 0.3) is 11.2 Å². The van der Waals surface area contributed by atoms with Crippen LogP contribution in [-0.2, 0) is 18.9 Å². The lowest BCUT2D eigenvalue weighted by atomic mass is 10.1. The van der Waals surface area contributed by atoms with E-state index < -0.39 is 56.4 Å². The van der Waals surface area contributed by atoms with E-state index in [0.717, 1.165) is 5.56 Å². The summed E-state index contributed by atoms with van der Waals surface area (Å²) in [5.41, 5.74) is -4.79. The van der Waals surface area contributed by atoms with Gasteiger partial charge in [0.1, 0.15) is 10.7 Å². The average Bonchev–Trinajstić information content (AvgIpc) is 2.73. The normalized spacial score (nSPS) is 12.0. The van der Waals surface area contributed by atoms with Gasteiger partial charge < -0.3 is 5.32 Å². The van der Waals surface area contributed by atoms with Crippen molar-refractivity contribution in [2.24, 2.45) is 0 Å². The fourth-order valence-corrected chi connectivity index (χ4v) is 3.17. The molecule has 0 fully saturated rings. The average molecular weight is 507 g/mol. The lowest BCUT2D eigenvalue weighted by molar-refractivity contribution is -0.384. The number of aromatic nitrogens is 2. The van der Waals surface area contributed by atoms with E-state index in [4.69, 9.17) is 11.6 Å². The topological polar surface area (TPSA) is 90.1 Å². The minimum absolute atomic E-state index is 0.214. The Balaban J connectivity index is 2.20. The third kappa shape index (κ3) is 5.30. The van der Waals surface area contributed by atoms with Crippen molar-refractivity contribution in [3.8, 4) is 0 Å². The lowest BCUT2D eigenvalue weighted by Gasteiger charge is -2.18. The molecule has 180 valence electrons. The minimum Gasteiger partial charge on any atom is -0.320 e. The molecule has 2 aromatic carbocycles. The van der Waals surface area contributed by atoms with Gasteiger partial charge in [-0.3, -0.25) is 19.5 Å². The molecule has 0 spiro atoms. The number of benzene rings is 2. The fraction of sp³-hybridized carbons (Fsp3) is 0.200. The van der Waals surface area contributed by atoms with Crippen molar-refractivity contribution in [1.82, 2.24) is 9.55 Å². The van der Waals surface area contributed by atoms with Gasteiger partial charge in [-0.15, -0.1) is 0 Å². The molecular formula is C20H13ClF6N4O3. The smallest absolute Gasteiger partial charge is 0.320 e. The molecule has 0 aliphatic heterocycles. The summed E-state index contributed by atoms with van der Waals surface area (Å²) >= 11 is 5.63. The van der Waals surface area contributed by atoms with Gasteiger partial charge in [0, 0.05) is 6.07 Å². The molecule has 0 bridgehead atoms. The molecule has 0 amide bonds. The number of aryl methyl sites for hydroxylation is 1. The zero-order valence-electron chi connectivity index (χ0n) is 17.0. The maximum atomic E-state index is 13.4. The number of nitrogens with zero attached hydrogens (tertiary/aromatic N) is 3. The van der Waals surface area contributed by atoms with Crippen molar-refractivity contribution >= 4 is 28.9 Å². The van der Waals surface area contributed by atoms with Crippen molar-refractivity contribution in [2.45, 2.75) is 25.8 Å². The summed E-state index contributed by atoms with van der Waals surface area (Å²) < 4.78 is 79.8. The Morgan fingerprint density at radius 2 is 1.68 bits per heavy atom. The zero-order chi connectivity index (χ0) is 25.4. The highest BCUT2D eigenvalue weighted by atomic mass is 35.5. The maximum Gasteiger partial charge on any atom is 0.435 e. The Bertz CT molecular complexity index is 1300. The number of rotatable bonds is 5. The standard InChI is InChI=1S/C20H13ClF6N4O3/c1-10-2-4-11(5-3-10)9-30-17(32)15(21)16(20(25,26)27)29-18(30)28-13-7-6-12(19(22,23)24)8-14(13)31(33)34/h2-8H,9H2,1H3,(H,28,29). The van der Waals surface area contributed by atoms with E-state index >= 15 is 0 Å². The van der Waals surface area contributed by atoms with E-state index in [0.29, 0.717) is 22.3 Å². The van der Waals surface area contributed by atoms with Crippen LogP contribution in [0.15, 0.2) is 47.3 Å². The molecule has 0 aliphatic carbocycles. The summed E-state index contributed by atoms with van der Waals surface area (Å²) in [7, 11) is 0. The molecule has 14 heteroatoms. The van der Waals surface area contributed by atoms with E-state index in [2.05, 4.69) is 10.3 Å². The number of nitro benzene ring substituents is 1. The van der Waals surface area contributed by atoms with Crippen LogP contribution in [0.4, 0.5) is 43.7 Å². The van der Waals surface area contributed by atoms with Crippen molar-refractivity contribution in [1.29, 1.82) is 0 Å². The van der Waals surface area contributed by atoms with Crippen LogP contribution in [0.2, 0.25) is 5.02 Å². The van der Waals surface area contributed by atoms with E-state index in [1.165, 1.54) is 0 Å². The molecule has 7 nitrogen and oxygen atoms in total. The van der Waals surface area contributed by atoms with Crippen molar-refractivity contribution < 1.29 is 31.3 Å². The van der Waals surface area contributed by atoms with Gasteiger partial charge in [-0.25, -0.2) is 4.98 Å². The summed E-state index contributed by atoms with van der Waals surface area (Å²) in [4.78, 5) is 26.2. The van der Waals surface area contributed by atoms with Crippen LogP contribution in [0.5, 0.6) is 0 Å². The Morgan fingerprint density at radius 3 is 2.21 bits per heavy atom. The SMILES string of the molecule is Cc1ccc(Cn2c(Nc3ccc(C(F)(F)F)cc3[N+](=O)[O-])nc(C(F)(F)F)c(Cl)c2=O)cc1. The summed E-state index contributed by atoms with van der Waals surface area (Å²) in [6, 6.07) is 7.88.